The minimum absolute atomic E-state index is 0.0200. The molecule has 1 fully saturated rings. The van der Waals surface area contributed by atoms with Crippen molar-refractivity contribution in [3.63, 3.8) is 0 Å². The summed E-state index contributed by atoms with van der Waals surface area (Å²) in [6.07, 6.45) is 2.35. The molecule has 4 nitrogen and oxygen atoms in total. The number of carbonyl (C=O) groups is 1. The smallest absolute Gasteiger partial charge is 0.232 e. The Kier molecular flexibility index (Phi) is 4.56. The van der Waals surface area contributed by atoms with E-state index in [0.29, 0.717) is 32.6 Å². The molecule has 0 aliphatic carbocycles. The Labute approximate surface area is 114 Å². The van der Waals surface area contributed by atoms with E-state index < -0.39 is 5.41 Å². The fourth-order valence-corrected chi connectivity index (χ4v) is 2.42. The molecule has 1 aromatic rings. The first-order valence-corrected chi connectivity index (χ1v) is 6.88. The third-order valence-corrected chi connectivity index (χ3v) is 3.92. The molecule has 0 saturated carbocycles. The summed E-state index contributed by atoms with van der Waals surface area (Å²) < 4.78 is 5.33. The summed E-state index contributed by atoms with van der Waals surface area (Å²) in [7, 11) is 0. The zero-order chi connectivity index (χ0) is 13.7. The second kappa shape index (κ2) is 6.17. The number of anilines is 1. The van der Waals surface area contributed by atoms with Crippen LogP contribution >= 0.6 is 0 Å². The van der Waals surface area contributed by atoms with Crippen LogP contribution in [0.4, 0.5) is 5.69 Å². The number of nitrogens with one attached hydrogen (secondary N) is 1. The van der Waals surface area contributed by atoms with E-state index >= 15 is 0 Å². The van der Waals surface area contributed by atoms with Crippen molar-refractivity contribution in [3.8, 4) is 0 Å². The normalized spacial score (nSPS) is 18.0. The van der Waals surface area contributed by atoms with Crippen LogP contribution in [-0.4, -0.2) is 25.7 Å². The predicted octanol–water partition coefficient (Wildman–Crippen LogP) is 1.94. The Morgan fingerprint density at radius 2 is 2.16 bits per heavy atom. The van der Waals surface area contributed by atoms with Gasteiger partial charge in [0.05, 0.1) is 5.41 Å². The maximum Gasteiger partial charge on any atom is 0.232 e. The fraction of sp³-hybridized carbons (Fsp3) is 0.533. The van der Waals surface area contributed by atoms with Crippen LogP contribution in [0, 0.1) is 5.41 Å². The van der Waals surface area contributed by atoms with E-state index in [0.717, 1.165) is 12.1 Å². The van der Waals surface area contributed by atoms with Crippen LogP contribution in [0.2, 0.25) is 0 Å². The summed E-state index contributed by atoms with van der Waals surface area (Å²) >= 11 is 0. The molecule has 4 heteroatoms. The molecule has 1 aliphatic heterocycles. The number of benzene rings is 1. The predicted molar refractivity (Wildman–Crippen MR) is 76.0 cm³/mol. The average Bonchev–Trinajstić information content (AvgIpc) is 2.48. The highest BCUT2D eigenvalue weighted by Gasteiger charge is 2.38. The van der Waals surface area contributed by atoms with Crippen LogP contribution in [-0.2, 0) is 16.0 Å². The van der Waals surface area contributed by atoms with Crippen LogP contribution in [0.15, 0.2) is 24.3 Å². The lowest BCUT2D eigenvalue weighted by Crippen LogP contribution is -2.46. The molecular formula is C15H22N2O2. The van der Waals surface area contributed by atoms with Crippen molar-refractivity contribution in [1.82, 2.24) is 0 Å². The lowest BCUT2D eigenvalue weighted by atomic mass is 9.79. The molecule has 19 heavy (non-hydrogen) atoms. The van der Waals surface area contributed by atoms with Gasteiger partial charge in [-0.25, -0.2) is 0 Å². The summed E-state index contributed by atoms with van der Waals surface area (Å²) in [6.45, 7) is 3.69. The summed E-state index contributed by atoms with van der Waals surface area (Å²) in [5.41, 5.74) is 7.43. The molecule has 104 valence electrons. The van der Waals surface area contributed by atoms with Crippen molar-refractivity contribution in [2.75, 3.05) is 25.1 Å². The Hall–Kier alpha value is -1.39. The van der Waals surface area contributed by atoms with E-state index in [4.69, 9.17) is 10.5 Å². The van der Waals surface area contributed by atoms with Crippen LogP contribution in [0.3, 0.4) is 0 Å². The number of ether oxygens (including phenoxy) is 1. The monoisotopic (exact) mass is 262 g/mol. The maximum absolute atomic E-state index is 12.5. The first kappa shape index (κ1) is 14.0. The molecule has 0 aromatic heterocycles. The molecule has 3 N–H and O–H groups in total. The van der Waals surface area contributed by atoms with Crippen molar-refractivity contribution < 1.29 is 9.53 Å². The van der Waals surface area contributed by atoms with Gasteiger partial charge >= 0.3 is 0 Å². The molecule has 1 aromatic carbocycles. The highest BCUT2D eigenvalue weighted by molar-refractivity contribution is 5.95. The van der Waals surface area contributed by atoms with Crippen LogP contribution in [0.5, 0.6) is 0 Å². The summed E-state index contributed by atoms with van der Waals surface area (Å²) in [5.74, 6) is 0.0200. The molecule has 0 atom stereocenters. The Morgan fingerprint density at radius 3 is 2.79 bits per heavy atom. The van der Waals surface area contributed by atoms with Gasteiger partial charge < -0.3 is 15.8 Å². The second-order valence-electron chi connectivity index (χ2n) is 5.10. The highest BCUT2D eigenvalue weighted by Crippen LogP contribution is 2.31. The van der Waals surface area contributed by atoms with Gasteiger partial charge in [0.1, 0.15) is 0 Å². The number of hydrogen-bond donors (Lipinski definition) is 2. The molecule has 1 heterocycles. The van der Waals surface area contributed by atoms with Crippen molar-refractivity contribution in [2.45, 2.75) is 26.2 Å². The van der Waals surface area contributed by atoms with Gasteiger partial charge in [-0.05, 0) is 37.0 Å². The standard InChI is InChI=1S/C15H22N2O2/c1-2-12-4-3-5-13(10-12)17-14(18)15(11-16)6-8-19-9-7-15/h3-5,10H,2,6-9,11,16H2,1H3,(H,17,18). The fourth-order valence-electron chi connectivity index (χ4n) is 2.42. The highest BCUT2D eigenvalue weighted by atomic mass is 16.5. The Balaban J connectivity index is 2.10. The zero-order valence-corrected chi connectivity index (χ0v) is 11.4. The van der Waals surface area contributed by atoms with Gasteiger partial charge in [0.2, 0.25) is 5.91 Å². The van der Waals surface area contributed by atoms with Gasteiger partial charge in [-0.2, -0.15) is 0 Å². The SMILES string of the molecule is CCc1cccc(NC(=O)C2(CN)CCOCC2)c1. The maximum atomic E-state index is 12.5. The van der Waals surface area contributed by atoms with E-state index in [-0.39, 0.29) is 5.91 Å². The van der Waals surface area contributed by atoms with Crippen LogP contribution in [0.1, 0.15) is 25.3 Å². The van der Waals surface area contributed by atoms with E-state index in [1.165, 1.54) is 5.56 Å². The largest absolute Gasteiger partial charge is 0.381 e. The van der Waals surface area contributed by atoms with Gasteiger partial charge in [0.25, 0.3) is 0 Å². The second-order valence-corrected chi connectivity index (χ2v) is 5.10. The van der Waals surface area contributed by atoms with E-state index in [1.54, 1.807) is 0 Å². The van der Waals surface area contributed by atoms with Gasteiger partial charge in [-0.15, -0.1) is 0 Å². The summed E-state index contributed by atoms with van der Waals surface area (Å²) in [4.78, 5) is 12.5. The van der Waals surface area contributed by atoms with Crippen LogP contribution in [0.25, 0.3) is 0 Å². The van der Waals surface area contributed by atoms with Crippen LogP contribution < -0.4 is 11.1 Å². The van der Waals surface area contributed by atoms with Gasteiger partial charge in [0, 0.05) is 25.4 Å². The quantitative estimate of drug-likeness (QED) is 0.871. The molecule has 0 bridgehead atoms. The average molecular weight is 262 g/mol. The first-order valence-electron chi connectivity index (χ1n) is 6.88. The number of rotatable bonds is 4. The number of hydrogen-bond acceptors (Lipinski definition) is 3. The summed E-state index contributed by atoms with van der Waals surface area (Å²) in [6, 6.07) is 7.96. The Morgan fingerprint density at radius 1 is 1.42 bits per heavy atom. The Bertz CT molecular complexity index is 440. The molecule has 0 radical (unpaired) electrons. The third kappa shape index (κ3) is 3.14. The number of amides is 1. The van der Waals surface area contributed by atoms with Crippen molar-refractivity contribution in [3.05, 3.63) is 29.8 Å². The number of nitrogens with two attached hydrogens (primary N) is 1. The van der Waals surface area contributed by atoms with Crippen molar-refractivity contribution >= 4 is 11.6 Å². The third-order valence-electron chi connectivity index (χ3n) is 3.92. The van der Waals surface area contributed by atoms with Crippen molar-refractivity contribution in [2.24, 2.45) is 11.1 Å². The molecule has 2 rings (SSSR count). The molecule has 0 spiro atoms. The van der Waals surface area contributed by atoms with Crippen molar-refractivity contribution in [1.29, 1.82) is 0 Å². The topological polar surface area (TPSA) is 64.4 Å². The van der Waals surface area contributed by atoms with Gasteiger partial charge in [-0.1, -0.05) is 19.1 Å². The lowest BCUT2D eigenvalue weighted by Gasteiger charge is -2.34. The molecule has 1 aliphatic rings. The molecule has 1 saturated heterocycles. The zero-order valence-electron chi connectivity index (χ0n) is 11.4. The first-order chi connectivity index (χ1) is 9.20. The minimum atomic E-state index is -0.472. The van der Waals surface area contributed by atoms with E-state index in [9.17, 15) is 4.79 Å². The minimum Gasteiger partial charge on any atom is -0.381 e. The van der Waals surface area contributed by atoms with E-state index in [2.05, 4.69) is 18.3 Å². The molecule has 1 amide bonds. The van der Waals surface area contributed by atoms with Gasteiger partial charge in [0.15, 0.2) is 0 Å². The molecular weight excluding hydrogens is 240 g/mol. The number of aryl methyl sites for hydroxylation is 1. The lowest BCUT2D eigenvalue weighted by molar-refractivity contribution is -0.130. The van der Waals surface area contributed by atoms with Gasteiger partial charge in [-0.3, -0.25) is 4.79 Å². The van der Waals surface area contributed by atoms with E-state index in [1.807, 2.05) is 18.2 Å². The number of carbonyl (C=O) groups excluding carboxylic acids is 1. The summed E-state index contributed by atoms with van der Waals surface area (Å²) in [5, 5.41) is 3.00. The molecule has 0 unspecified atom stereocenters.